The van der Waals surface area contributed by atoms with Crippen LogP contribution in [0.1, 0.15) is 18.9 Å². The lowest BCUT2D eigenvalue weighted by molar-refractivity contribution is 0.343. The second-order valence-electron chi connectivity index (χ2n) is 6.71. The largest absolute Gasteiger partial charge is 0.436 e. The van der Waals surface area contributed by atoms with Gasteiger partial charge < -0.3 is 15.5 Å². The van der Waals surface area contributed by atoms with Gasteiger partial charge in [0.05, 0.1) is 24.0 Å². The van der Waals surface area contributed by atoms with E-state index in [-0.39, 0.29) is 0 Å². The lowest BCUT2D eigenvalue weighted by atomic mass is 10.1. The Morgan fingerprint density at radius 2 is 2.04 bits per heavy atom. The van der Waals surface area contributed by atoms with Crippen molar-refractivity contribution >= 4 is 16.9 Å². The van der Waals surface area contributed by atoms with E-state index >= 15 is 0 Å². The number of pyridine rings is 2. The van der Waals surface area contributed by atoms with Crippen molar-refractivity contribution in [3.05, 3.63) is 43.1 Å². The number of fused-ring (bicyclic) bond motifs is 1. The Hall–Kier alpha value is -3.26. The molecule has 5 rings (SSSR count). The Morgan fingerprint density at radius 3 is 2.89 bits per heavy atom. The minimum atomic E-state index is 0.379. The molecular formula is C19H19N7O. The Bertz CT molecular complexity index is 1060. The van der Waals surface area contributed by atoms with Crippen molar-refractivity contribution in [2.45, 2.75) is 18.9 Å². The van der Waals surface area contributed by atoms with Gasteiger partial charge in [0.25, 0.3) is 0 Å². The van der Waals surface area contributed by atoms with Crippen LogP contribution >= 0.6 is 0 Å². The van der Waals surface area contributed by atoms with Gasteiger partial charge in [0, 0.05) is 35.8 Å². The van der Waals surface area contributed by atoms with Crippen molar-refractivity contribution in [3.8, 4) is 22.6 Å². The summed E-state index contributed by atoms with van der Waals surface area (Å²) in [5.74, 6) is 0.819. The van der Waals surface area contributed by atoms with Crippen LogP contribution < -0.4 is 11.1 Å². The summed E-state index contributed by atoms with van der Waals surface area (Å²) in [7, 11) is 0. The molecule has 5 heterocycles. The molecule has 0 bridgehead atoms. The van der Waals surface area contributed by atoms with Gasteiger partial charge in [-0.2, -0.15) is 5.10 Å². The maximum atomic E-state index is 6.09. The van der Waals surface area contributed by atoms with Gasteiger partial charge in [-0.1, -0.05) is 0 Å². The number of nitrogens with one attached hydrogen (secondary N) is 1. The Balaban J connectivity index is 1.51. The van der Waals surface area contributed by atoms with E-state index in [4.69, 9.17) is 10.2 Å². The SMILES string of the molecule is Nc1ncc(-c2cnn(C3CCNCC3)c2)cc1-c1nc2cnccc2o1. The van der Waals surface area contributed by atoms with E-state index in [1.54, 1.807) is 24.7 Å². The molecule has 0 amide bonds. The fourth-order valence-corrected chi connectivity index (χ4v) is 3.46. The molecule has 0 unspecified atom stereocenters. The number of nitrogens with two attached hydrogens (primary N) is 1. The van der Waals surface area contributed by atoms with E-state index in [1.165, 1.54) is 0 Å². The molecule has 4 aromatic rings. The zero-order chi connectivity index (χ0) is 18.2. The first-order valence-electron chi connectivity index (χ1n) is 8.99. The lowest BCUT2D eigenvalue weighted by Crippen LogP contribution is -2.29. The van der Waals surface area contributed by atoms with Gasteiger partial charge in [-0.25, -0.2) is 9.97 Å². The van der Waals surface area contributed by atoms with Crippen LogP contribution in [0.5, 0.6) is 0 Å². The number of hydrogen-bond donors (Lipinski definition) is 2. The summed E-state index contributed by atoms with van der Waals surface area (Å²) in [4.78, 5) is 12.9. The second-order valence-corrected chi connectivity index (χ2v) is 6.71. The molecule has 0 spiro atoms. The molecule has 1 fully saturated rings. The molecule has 0 aromatic carbocycles. The van der Waals surface area contributed by atoms with Crippen LogP contribution in [0.15, 0.2) is 47.5 Å². The topological polar surface area (TPSA) is 108 Å². The molecule has 136 valence electrons. The van der Waals surface area contributed by atoms with Crippen molar-refractivity contribution in [2.24, 2.45) is 0 Å². The third-order valence-electron chi connectivity index (χ3n) is 4.96. The Kier molecular flexibility index (Phi) is 3.83. The minimum Gasteiger partial charge on any atom is -0.436 e. The molecule has 3 N–H and O–H groups in total. The fourth-order valence-electron chi connectivity index (χ4n) is 3.46. The maximum absolute atomic E-state index is 6.09. The standard InChI is InChI=1S/C19H19N7O/c20-18-15(19-25-16-10-22-6-3-17(16)27-19)7-12(8-23-18)13-9-24-26(11-13)14-1-4-21-5-2-14/h3,6-11,14,21H,1-2,4-5H2,(H2,20,23). The fraction of sp³-hybridized carbons (Fsp3) is 0.263. The van der Waals surface area contributed by atoms with Gasteiger partial charge in [-0.05, 0) is 32.0 Å². The first-order chi connectivity index (χ1) is 13.3. The van der Waals surface area contributed by atoms with E-state index in [0.29, 0.717) is 34.4 Å². The third-order valence-corrected chi connectivity index (χ3v) is 4.96. The predicted molar refractivity (Wildman–Crippen MR) is 102 cm³/mol. The van der Waals surface area contributed by atoms with Crippen molar-refractivity contribution < 1.29 is 4.42 Å². The maximum Gasteiger partial charge on any atom is 0.231 e. The summed E-state index contributed by atoms with van der Waals surface area (Å²) in [6.07, 6.45) is 11.2. The molecule has 27 heavy (non-hydrogen) atoms. The molecule has 8 nitrogen and oxygen atoms in total. The van der Waals surface area contributed by atoms with Crippen LogP contribution in [-0.4, -0.2) is 37.8 Å². The van der Waals surface area contributed by atoms with Crippen LogP contribution in [0.2, 0.25) is 0 Å². The minimum absolute atomic E-state index is 0.379. The summed E-state index contributed by atoms with van der Waals surface area (Å²) >= 11 is 0. The van der Waals surface area contributed by atoms with Crippen LogP contribution in [0, 0.1) is 0 Å². The van der Waals surface area contributed by atoms with E-state index in [2.05, 4.69) is 36.2 Å². The van der Waals surface area contributed by atoms with Crippen molar-refractivity contribution in [1.29, 1.82) is 0 Å². The second kappa shape index (κ2) is 6.48. The zero-order valence-corrected chi connectivity index (χ0v) is 14.7. The van der Waals surface area contributed by atoms with Crippen LogP contribution in [-0.2, 0) is 0 Å². The van der Waals surface area contributed by atoms with Gasteiger partial charge in [-0.3, -0.25) is 9.67 Å². The number of nitrogen functional groups attached to an aromatic ring is 1. The van der Waals surface area contributed by atoms with Crippen LogP contribution in [0.4, 0.5) is 5.82 Å². The number of oxazole rings is 1. The summed E-state index contributed by atoms with van der Waals surface area (Å²) in [6.45, 7) is 2.06. The number of anilines is 1. The summed E-state index contributed by atoms with van der Waals surface area (Å²) in [5, 5.41) is 7.94. The van der Waals surface area contributed by atoms with E-state index < -0.39 is 0 Å². The predicted octanol–water partition coefficient (Wildman–Crippen LogP) is 2.66. The lowest BCUT2D eigenvalue weighted by Gasteiger charge is -2.22. The van der Waals surface area contributed by atoms with Crippen LogP contribution in [0.3, 0.4) is 0 Å². The monoisotopic (exact) mass is 361 g/mol. The molecule has 0 radical (unpaired) electrons. The Labute approximate surface area is 155 Å². The van der Waals surface area contributed by atoms with Gasteiger partial charge in [-0.15, -0.1) is 0 Å². The summed E-state index contributed by atoms with van der Waals surface area (Å²) in [6, 6.07) is 4.16. The number of aromatic nitrogens is 5. The average Bonchev–Trinajstić information content (AvgIpc) is 3.36. The first kappa shape index (κ1) is 16.0. The molecule has 0 saturated carbocycles. The van der Waals surface area contributed by atoms with Crippen molar-refractivity contribution in [2.75, 3.05) is 18.8 Å². The molecule has 1 aliphatic rings. The van der Waals surface area contributed by atoms with Gasteiger partial charge in [0.1, 0.15) is 11.3 Å². The molecule has 4 aromatic heterocycles. The quantitative estimate of drug-likeness (QED) is 0.577. The molecule has 0 atom stereocenters. The van der Waals surface area contributed by atoms with Crippen molar-refractivity contribution in [3.63, 3.8) is 0 Å². The highest BCUT2D eigenvalue weighted by molar-refractivity contribution is 5.80. The highest BCUT2D eigenvalue weighted by atomic mass is 16.3. The Morgan fingerprint density at radius 1 is 1.15 bits per heavy atom. The highest BCUT2D eigenvalue weighted by Gasteiger charge is 2.18. The molecule has 0 aliphatic carbocycles. The number of rotatable bonds is 3. The summed E-state index contributed by atoms with van der Waals surface area (Å²) < 4.78 is 7.88. The average molecular weight is 361 g/mol. The molecule has 8 heteroatoms. The number of piperidine rings is 1. The molecule has 1 saturated heterocycles. The third kappa shape index (κ3) is 2.93. The number of nitrogens with zero attached hydrogens (tertiary/aromatic N) is 5. The van der Waals surface area contributed by atoms with Gasteiger partial charge in [0.2, 0.25) is 5.89 Å². The van der Waals surface area contributed by atoms with Gasteiger partial charge >= 0.3 is 0 Å². The zero-order valence-electron chi connectivity index (χ0n) is 14.7. The smallest absolute Gasteiger partial charge is 0.231 e. The first-order valence-corrected chi connectivity index (χ1v) is 8.99. The van der Waals surface area contributed by atoms with E-state index in [9.17, 15) is 0 Å². The van der Waals surface area contributed by atoms with Crippen LogP contribution in [0.25, 0.3) is 33.7 Å². The highest BCUT2D eigenvalue weighted by Crippen LogP contribution is 2.31. The van der Waals surface area contributed by atoms with E-state index in [1.807, 2.05) is 12.3 Å². The van der Waals surface area contributed by atoms with E-state index in [0.717, 1.165) is 37.1 Å². The van der Waals surface area contributed by atoms with Gasteiger partial charge in [0.15, 0.2) is 5.58 Å². The molecular weight excluding hydrogens is 342 g/mol. The normalized spacial score (nSPS) is 15.4. The van der Waals surface area contributed by atoms with Crippen molar-refractivity contribution in [1.82, 2.24) is 30.0 Å². The number of hydrogen-bond acceptors (Lipinski definition) is 7. The summed E-state index contributed by atoms with van der Waals surface area (Å²) in [5.41, 5.74) is 10.0. The molecule has 1 aliphatic heterocycles.